The van der Waals surface area contributed by atoms with Crippen molar-refractivity contribution in [3.05, 3.63) is 34.9 Å². The SMILES string of the molecule is CCNC(=NCc1ccccc1Cl)NC(C)COC.I. The molecule has 1 aromatic carbocycles. The minimum Gasteiger partial charge on any atom is -0.383 e. The van der Waals surface area contributed by atoms with Crippen LogP contribution in [0.2, 0.25) is 5.02 Å². The van der Waals surface area contributed by atoms with Crippen LogP contribution >= 0.6 is 35.6 Å². The Balaban J connectivity index is 0.00000361. The molecule has 20 heavy (non-hydrogen) atoms. The molecule has 6 heteroatoms. The molecule has 2 N–H and O–H groups in total. The second-order valence-corrected chi connectivity index (χ2v) is 4.69. The molecule has 0 aliphatic carbocycles. The zero-order chi connectivity index (χ0) is 14.1. The Morgan fingerprint density at radius 2 is 2.10 bits per heavy atom. The summed E-state index contributed by atoms with van der Waals surface area (Å²) in [7, 11) is 1.69. The van der Waals surface area contributed by atoms with Gasteiger partial charge in [-0.1, -0.05) is 29.8 Å². The Morgan fingerprint density at radius 3 is 2.70 bits per heavy atom. The van der Waals surface area contributed by atoms with Crippen molar-refractivity contribution >= 4 is 41.5 Å². The molecule has 0 aliphatic heterocycles. The van der Waals surface area contributed by atoms with Crippen LogP contribution in [0.5, 0.6) is 0 Å². The number of guanidine groups is 1. The van der Waals surface area contributed by atoms with Crippen LogP contribution in [0.3, 0.4) is 0 Å². The summed E-state index contributed by atoms with van der Waals surface area (Å²) in [6, 6.07) is 7.94. The number of hydrogen-bond acceptors (Lipinski definition) is 2. The molecule has 1 unspecified atom stereocenters. The van der Waals surface area contributed by atoms with Crippen molar-refractivity contribution in [1.82, 2.24) is 10.6 Å². The minimum atomic E-state index is 0. The predicted octanol–water partition coefficient (Wildman–Crippen LogP) is 3.05. The van der Waals surface area contributed by atoms with Crippen molar-refractivity contribution in [2.75, 3.05) is 20.3 Å². The first-order chi connectivity index (χ1) is 9.17. The van der Waals surface area contributed by atoms with Gasteiger partial charge in [-0.3, -0.25) is 0 Å². The van der Waals surface area contributed by atoms with Crippen molar-refractivity contribution < 1.29 is 4.74 Å². The van der Waals surface area contributed by atoms with Gasteiger partial charge in [0.2, 0.25) is 0 Å². The van der Waals surface area contributed by atoms with Gasteiger partial charge in [-0.05, 0) is 25.5 Å². The van der Waals surface area contributed by atoms with E-state index in [-0.39, 0.29) is 30.0 Å². The monoisotopic (exact) mass is 411 g/mol. The lowest BCUT2D eigenvalue weighted by molar-refractivity contribution is 0.179. The van der Waals surface area contributed by atoms with E-state index in [1.54, 1.807) is 7.11 Å². The lowest BCUT2D eigenvalue weighted by Crippen LogP contribution is -2.43. The molecule has 1 aromatic rings. The van der Waals surface area contributed by atoms with Gasteiger partial charge in [0.25, 0.3) is 0 Å². The topological polar surface area (TPSA) is 45.7 Å². The average Bonchev–Trinajstić information content (AvgIpc) is 2.38. The largest absolute Gasteiger partial charge is 0.383 e. The predicted molar refractivity (Wildman–Crippen MR) is 96.2 cm³/mol. The third-order valence-electron chi connectivity index (χ3n) is 2.51. The number of methoxy groups -OCH3 is 1. The highest BCUT2D eigenvalue weighted by atomic mass is 127. The Bertz CT molecular complexity index is 415. The zero-order valence-corrected chi connectivity index (χ0v) is 15.2. The summed E-state index contributed by atoms with van der Waals surface area (Å²) in [5, 5.41) is 7.22. The van der Waals surface area contributed by atoms with Gasteiger partial charge >= 0.3 is 0 Å². The summed E-state index contributed by atoms with van der Waals surface area (Å²) in [5.41, 5.74) is 1.01. The van der Waals surface area contributed by atoms with Gasteiger partial charge in [0.05, 0.1) is 13.2 Å². The van der Waals surface area contributed by atoms with Crippen LogP contribution in [0, 0.1) is 0 Å². The summed E-state index contributed by atoms with van der Waals surface area (Å²) in [4.78, 5) is 4.52. The lowest BCUT2D eigenvalue weighted by atomic mass is 10.2. The van der Waals surface area contributed by atoms with Crippen molar-refractivity contribution in [3.63, 3.8) is 0 Å². The summed E-state index contributed by atoms with van der Waals surface area (Å²) >= 11 is 6.11. The second kappa shape index (κ2) is 11.2. The van der Waals surface area contributed by atoms with E-state index in [1.165, 1.54) is 0 Å². The van der Waals surface area contributed by atoms with Crippen molar-refractivity contribution in [2.24, 2.45) is 4.99 Å². The van der Waals surface area contributed by atoms with Crippen LogP contribution in [0.4, 0.5) is 0 Å². The number of nitrogens with one attached hydrogen (secondary N) is 2. The normalized spacial score (nSPS) is 12.5. The summed E-state index contributed by atoms with van der Waals surface area (Å²) in [5.74, 6) is 0.770. The first-order valence-electron chi connectivity index (χ1n) is 6.44. The number of nitrogens with zero attached hydrogens (tertiary/aromatic N) is 1. The molecular formula is C14H23ClIN3O. The van der Waals surface area contributed by atoms with E-state index in [0.29, 0.717) is 13.2 Å². The van der Waals surface area contributed by atoms with Crippen LogP contribution in [0.25, 0.3) is 0 Å². The first kappa shape index (κ1) is 19.5. The number of rotatable bonds is 6. The standard InChI is InChI=1S/C14H22ClN3O.HI/c1-4-16-14(18-11(2)10-19-3)17-9-12-7-5-6-8-13(12)15;/h5-8,11H,4,9-10H2,1-3H3,(H2,16,17,18);1H. The van der Waals surface area contributed by atoms with Gasteiger partial charge in [0.1, 0.15) is 0 Å². The smallest absolute Gasteiger partial charge is 0.191 e. The number of benzene rings is 1. The summed E-state index contributed by atoms with van der Waals surface area (Å²) in [6.07, 6.45) is 0. The van der Waals surface area contributed by atoms with E-state index in [0.717, 1.165) is 23.1 Å². The second-order valence-electron chi connectivity index (χ2n) is 4.29. The third kappa shape index (κ3) is 7.31. The lowest BCUT2D eigenvalue weighted by Gasteiger charge is -2.17. The van der Waals surface area contributed by atoms with Crippen LogP contribution in [0.1, 0.15) is 19.4 Å². The molecule has 0 saturated carbocycles. The maximum absolute atomic E-state index is 6.11. The van der Waals surface area contributed by atoms with Gasteiger partial charge in [-0.15, -0.1) is 24.0 Å². The molecule has 0 amide bonds. The molecule has 1 rings (SSSR count). The molecule has 0 radical (unpaired) electrons. The Morgan fingerprint density at radius 1 is 1.40 bits per heavy atom. The zero-order valence-electron chi connectivity index (χ0n) is 12.1. The Hall–Kier alpha value is -0.530. The number of aliphatic imine (C=N–C) groups is 1. The molecule has 0 spiro atoms. The van der Waals surface area contributed by atoms with E-state index in [4.69, 9.17) is 16.3 Å². The minimum absolute atomic E-state index is 0. The molecule has 0 saturated heterocycles. The van der Waals surface area contributed by atoms with E-state index in [1.807, 2.05) is 38.1 Å². The van der Waals surface area contributed by atoms with E-state index >= 15 is 0 Å². The highest BCUT2D eigenvalue weighted by Gasteiger charge is 2.05. The highest BCUT2D eigenvalue weighted by Crippen LogP contribution is 2.15. The number of halogens is 2. The van der Waals surface area contributed by atoms with Gasteiger partial charge in [-0.2, -0.15) is 0 Å². The summed E-state index contributed by atoms with van der Waals surface area (Å²) < 4.78 is 5.10. The van der Waals surface area contributed by atoms with Gasteiger partial charge < -0.3 is 15.4 Å². The first-order valence-corrected chi connectivity index (χ1v) is 6.82. The third-order valence-corrected chi connectivity index (χ3v) is 2.88. The maximum Gasteiger partial charge on any atom is 0.191 e. The van der Waals surface area contributed by atoms with Crippen LogP contribution in [-0.2, 0) is 11.3 Å². The quantitative estimate of drug-likeness (QED) is 0.430. The van der Waals surface area contributed by atoms with Crippen molar-refractivity contribution in [3.8, 4) is 0 Å². The Labute approximate surface area is 143 Å². The van der Waals surface area contributed by atoms with Gasteiger partial charge in [0.15, 0.2) is 5.96 Å². The van der Waals surface area contributed by atoms with Gasteiger partial charge in [0, 0.05) is 24.7 Å². The molecule has 1 atom stereocenters. The van der Waals surface area contributed by atoms with Gasteiger partial charge in [-0.25, -0.2) is 4.99 Å². The van der Waals surface area contributed by atoms with E-state index in [2.05, 4.69) is 15.6 Å². The Kier molecular flexibility index (Phi) is 10.9. The van der Waals surface area contributed by atoms with E-state index in [9.17, 15) is 0 Å². The molecular weight excluding hydrogens is 389 g/mol. The molecule has 0 aromatic heterocycles. The van der Waals surface area contributed by atoms with Crippen LogP contribution in [0.15, 0.2) is 29.3 Å². The van der Waals surface area contributed by atoms with Crippen molar-refractivity contribution in [2.45, 2.75) is 26.4 Å². The molecule has 0 fully saturated rings. The molecule has 0 bridgehead atoms. The van der Waals surface area contributed by atoms with Crippen LogP contribution < -0.4 is 10.6 Å². The fraction of sp³-hybridized carbons (Fsp3) is 0.500. The number of hydrogen-bond donors (Lipinski definition) is 2. The van der Waals surface area contributed by atoms with E-state index < -0.39 is 0 Å². The summed E-state index contributed by atoms with van der Waals surface area (Å²) in [6.45, 7) is 6.08. The highest BCUT2D eigenvalue weighted by molar-refractivity contribution is 14.0. The van der Waals surface area contributed by atoms with Crippen molar-refractivity contribution in [1.29, 1.82) is 0 Å². The average molecular weight is 412 g/mol. The molecule has 0 aliphatic rings. The fourth-order valence-corrected chi connectivity index (χ4v) is 1.83. The fourth-order valence-electron chi connectivity index (χ4n) is 1.64. The van der Waals surface area contributed by atoms with Crippen LogP contribution in [-0.4, -0.2) is 32.3 Å². The molecule has 4 nitrogen and oxygen atoms in total. The molecule has 0 heterocycles. The maximum atomic E-state index is 6.11. The molecule has 114 valence electrons. The number of ether oxygens (including phenoxy) is 1.